The Hall–Kier alpha value is -1.85. The molecule has 1 saturated heterocycles. The second-order valence-electron chi connectivity index (χ2n) is 5.82. The van der Waals surface area contributed by atoms with Crippen LogP contribution < -0.4 is 0 Å². The maximum atomic E-state index is 12.0. The molecule has 2 fully saturated rings. The van der Waals surface area contributed by atoms with Crippen molar-refractivity contribution in [3.8, 4) is 0 Å². The Balaban J connectivity index is 1.54. The molecule has 1 aliphatic heterocycles. The third-order valence-electron chi connectivity index (χ3n) is 4.26. The molecule has 0 atom stereocenters. The number of H-pyrrole nitrogens is 1. The lowest BCUT2D eigenvalue weighted by Gasteiger charge is -2.31. The van der Waals surface area contributed by atoms with Crippen LogP contribution in [0.1, 0.15) is 54.2 Å². The highest BCUT2D eigenvalue weighted by molar-refractivity contribution is 5.85. The van der Waals surface area contributed by atoms with Gasteiger partial charge in [-0.05, 0) is 37.7 Å². The molecule has 0 aromatic carbocycles. The number of aromatic amines is 1. The average molecular weight is 277 g/mol. The van der Waals surface area contributed by atoms with Gasteiger partial charge in [0.05, 0.1) is 0 Å². The van der Waals surface area contributed by atoms with Gasteiger partial charge in [-0.15, -0.1) is 0 Å². The van der Waals surface area contributed by atoms with E-state index in [0.717, 1.165) is 31.6 Å². The zero-order chi connectivity index (χ0) is 14.1. The molecule has 2 heterocycles. The first kappa shape index (κ1) is 13.1. The summed E-state index contributed by atoms with van der Waals surface area (Å²) in [5.41, 5.74) is 0.934. The fourth-order valence-corrected chi connectivity index (χ4v) is 2.79. The number of aromatic nitrogens is 2. The first-order chi connectivity index (χ1) is 9.63. The van der Waals surface area contributed by atoms with Crippen molar-refractivity contribution in [2.24, 2.45) is 5.92 Å². The third kappa shape index (κ3) is 2.84. The molecule has 6 nitrogen and oxygen atoms in total. The Morgan fingerprint density at radius 2 is 2.00 bits per heavy atom. The number of likely N-dealkylation sites (tertiary alicyclic amines) is 1. The summed E-state index contributed by atoms with van der Waals surface area (Å²) in [5, 5.41) is 15.5. The Labute approximate surface area is 117 Å². The first-order valence-corrected chi connectivity index (χ1v) is 7.20. The number of carboxylic acids is 1. The van der Waals surface area contributed by atoms with Crippen LogP contribution in [0, 0.1) is 5.92 Å². The summed E-state index contributed by atoms with van der Waals surface area (Å²) < 4.78 is 0. The van der Waals surface area contributed by atoms with Gasteiger partial charge in [0.2, 0.25) is 5.91 Å². The maximum absolute atomic E-state index is 12.0. The highest BCUT2D eigenvalue weighted by Gasteiger charge is 2.30. The van der Waals surface area contributed by atoms with Crippen LogP contribution in [0.5, 0.6) is 0 Å². The topological polar surface area (TPSA) is 86.3 Å². The van der Waals surface area contributed by atoms with Crippen molar-refractivity contribution in [3.63, 3.8) is 0 Å². The average Bonchev–Trinajstić information content (AvgIpc) is 3.11. The van der Waals surface area contributed by atoms with Crippen molar-refractivity contribution in [1.29, 1.82) is 0 Å². The number of carboxylic acid groups (broad SMARTS) is 1. The molecule has 1 aliphatic carbocycles. The minimum absolute atomic E-state index is 0.0623. The van der Waals surface area contributed by atoms with E-state index in [1.165, 1.54) is 12.8 Å². The van der Waals surface area contributed by atoms with Crippen molar-refractivity contribution >= 4 is 11.9 Å². The van der Waals surface area contributed by atoms with E-state index in [0.29, 0.717) is 12.3 Å². The second-order valence-corrected chi connectivity index (χ2v) is 5.82. The Morgan fingerprint density at radius 1 is 1.30 bits per heavy atom. The van der Waals surface area contributed by atoms with E-state index in [2.05, 4.69) is 10.2 Å². The predicted molar refractivity (Wildman–Crippen MR) is 71.4 cm³/mol. The number of amides is 1. The number of carbonyl (C=O) groups excluding carboxylic acids is 1. The third-order valence-corrected chi connectivity index (χ3v) is 4.26. The molecule has 3 rings (SSSR count). The molecular weight excluding hydrogens is 258 g/mol. The van der Waals surface area contributed by atoms with Gasteiger partial charge in [0, 0.05) is 31.1 Å². The van der Waals surface area contributed by atoms with Gasteiger partial charge < -0.3 is 10.0 Å². The van der Waals surface area contributed by atoms with Crippen molar-refractivity contribution in [3.05, 3.63) is 17.5 Å². The van der Waals surface area contributed by atoms with Gasteiger partial charge in [0.15, 0.2) is 5.69 Å². The molecule has 1 aromatic heterocycles. The number of aromatic carboxylic acids is 1. The Morgan fingerprint density at radius 3 is 2.55 bits per heavy atom. The van der Waals surface area contributed by atoms with Crippen molar-refractivity contribution in [2.75, 3.05) is 13.1 Å². The van der Waals surface area contributed by atoms with E-state index in [1.54, 1.807) is 6.07 Å². The number of nitrogens with one attached hydrogen (secondary N) is 1. The van der Waals surface area contributed by atoms with Crippen LogP contribution in [-0.4, -0.2) is 45.2 Å². The SMILES string of the molecule is O=C(O)c1cc(C2CCN(C(=O)CC3CC3)CC2)[nH]n1. The minimum atomic E-state index is -1.01. The first-order valence-electron chi connectivity index (χ1n) is 7.20. The molecule has 0 bridgehead atoms. The van der Waals surface area contributed by atoms with Gasteiger partial charge in [0.25, 0.3) is 0 Å². The van der Waals surface area contributed by atoms with Crippen LogP contribution in [0.4, 0.5) is 0 Å². The van der Waals surface area contributed by atoms with Gasteiger partial charge in [-0.2, -0.15) is 5.10 Å². The summed E-state index contributed by atoms with van der Waals surface area (Å²) in [4.78, 5) is 24.8. The summed E-state index contributed by atoms with van der Waals surface area (Å²) in [6.45, 7) is 1.52. The van der Waals surface area contributed by atoms with E-state index in [4.69, 9.17) is 5.11 Å². The van der Waals surface area contributed by atoms with Crippen molar-refractivity contribution in [2.45, 2.75) is 38.0 Å². The molecular formula is C14H19N3O3. The summed E-state index contributed by atoms with van der Waals surface area (Å²) in [5.74, 6) is 0.179. The second kappa shape index (κ2) is 5.26. The summed E-state index contributed by atoms with van der Waals surface area (Å²) in [6.07, 6.45) is 4.86. The van der Waals surface area contributed by atoms with Crippen LogP contribution in [0.15, 0.2) is 6.07 Å². The lowest BCUT2D eigenvalue weighted by atomic mass is 9.93. The summed E-state index contributed by atoms with van der Waals surface area (Å²) in [7, 11) is 0. The lowest BCUT2D eigenvalue weighted by molar-refractivity contribution is -0.132. The van der Waals surface area contributed by atoms with Gasteiger partial charge >= 0.3 is 5.97 Å². The summed E-state index contributed by atoms with van der Waals surface area (Å²) >= 11 is 0. The van der Waals surface area contributed by atoms with Gasteiger partial charge in [-0.25, -0.2) is 4.79 Å². The van der Waals surface area contributed by atoms with Gasteiger partial charge in [-0.3, -0.25) is 9.89 Å². The van der Waals surface area contributed by atoms with Crippen LogP contribution in [0.25, 0.3) is 0 Å². The lowest BCUT2D eigenvalue weighted by Crippen LogP contribution is -2.38. The molecule has 20 heavy (non-hydrogen) atoms. The molecule has 2 aliphatic rings. The van der Waals surface area contributed by atoms with E-state index in [9.17, 15) is 9.59 Å². The van der Waals surface area contributed by atoms with Gasteiger partial charge in [-0.1, -0.05) is 0 Å². The molecule has 0 radical (unpaired) electrons. The summed E-state index contributed by atoms with van der Waals surface area (Å²) in [6, 6.07) is 1.61. The standard InChI is InChI=1S/C14H19N3O3/c18-13(7-9-1-2-9)17-5-3-10(4-6-17)11-8-12(14(19)20)16-15-11/h8-10H,1-7H2,(H,15,16)(H,19,20). The molecule has 1 amide bonds. The molecule has 0 spiro atoms. The van der Waals surface area contributed by atoms with Crippen LogP contribution in [0.2, 0.25) is 0 Å². The molecule has 108 valence electrons. The minimum Gasteiger partial charge on any atom is -0.476 e. The number of piperidine rings is 1. The molecule has 1 saturated carbocycles. The van der Waals surface area contributed by atoms with Crippen molar-refractivity contribution < 1.29 is 14.7 Å². The molecule has 6 heteroatoms. The largest absolute Gasteiger partial charge is 0.476 e. The molecule has 0 unspecified atom stereocenters. The van der Waals surface area contributed by atoms with E-state index in [1.807, 2.05) is 4.90 Å². The Bertz CT molecular complexity index is 513. The van der Waals surface area contributed by atoms with E-state index < -0.39 is 5.97 Å². The normalized spacial score (nSPS) is 20.1. The van der Waals surface area contributed by atoms with E-state index >= 15 is 0 Å². The fraction of sp³-hybridized carbons (Fsp3) is 0.643. The quantitative estimate of drug-likeness (QED) is 0.875. The van der Waals surface area contributed by atoms with Crippen molar-refractivity contribution in [1.82, 2.24) is 15.1 Å². The Kier molecular flexibility index (Phi) is 3.46. The van der Waals surface area contributed by atoms with Crippen LogP contribution in [-0.2, 0) is 4.79 Å². The fourth-order valence-electron chi connectivity index (χ4n) is 2.79. The van der Waals surface area contributed by atoms with Crippen LogP contribution in [0.3, 0.4) is 0 Å². The zero-order valence-electron chi connectivity index (χ0n) is 11.3. The number of hydrogen-bond donors (Lipinski definition) is 2. The van der Waals surface area contributed by atoms with E-state index in [-0.39, 0.29) is 17.5 Å². The number of hydrogen-bond acceptors (Lipinski definition) is 3. The monoisotopic (exact) mass is 277 g/mol. The predicted octanol–water partition coefficient (Wildman–Crippen LogP) is 1.61. The zero-order valence-corrected chi connectivity index (χ0v) is 11.3. The molecule has 1 aromatic rings. The van der Waals surface area contributed by atoms with Crippen LogP contribution >= 0.6 is 0 Å². The highest BCUT2D eigenvalue weighted by atomic mass is 16.4. The number of carbonyl (C=O) groups is 2. The molecule has 2 N–H and O–H groups in total. The highest BCUT2D eigenvalue weighted by Crippen LogP contribution is 2.34. The number of nitrogens with zero attached hydrogens (tertiary/aromatic N) is 2. The number of rotatable bonds is 4. The maximum Gasteiger partial charge on any atom is 0.356 e. The van der Waals surface area contributed by atoms with Gasteiger partial charge in [0.1, 0.15) is 0 Å². The smallest absolute Gasteiger partial charge is 0.356 e.